The first-order valence-electron chi connectivity index (χ1n) is 13.9. The maximum Gasteiger partial charge on any atom is 0.257 e. The van der Waals surface area contributed by atoms with Crippen LogP contribution in [-0.4, -0.2) is 42.5 Å². The summed E-state index contributed by atoms with van der Waals surface area (Å²) in [5.41, 5.74) is 4.21. The van der Waals surface area contributed by atoms with Gasteiger partial charge in [0.2, 0.25) is 5.91 Å². The average molecular weight is 615 g/mol. The zero-order valence-electron chi connectivity index (χ0n) is 24.5. The molecule has 0 aliphatic carbocycles. The minimum atomic E-state index is -1.08. The fourth-order valence-corrected chi connectivity index (χ4v) is 5.05. The van der Waals surface area contributed by atoms with Crippen LogP contribution in [0.1, 0.15) is 41.5 Å². The molecule has 3 heterocycles. The van der Waals surface area contributed by atoms with Crippen LogP contribution in [0.2, 0.25) is 5.02 Å². The maximum atomic E-state index is 13.7. The number of phenolic OH excluding ortho intramolecular Hbond substituents is 1. The number of hydrogen-bond donors (Lipinski definition) is 3. The van der Waals surface area contributed by atoms with Gasteiger partial charge in [-0.15, -0.1) is 0 Å². The van der Waals surface area contributed by atoms with Crippen molar-refractivity contribution in [3.05, 3.63) is 105 Å². The third-order valence-corrected chi connectivity index (χ3v) is 7.64. The number of benzene rings is 2. The van der Waals surface area contributed by atoms with E-state index in [-0.39, 0.29) is 29.3 Å². The molecule has 2 amide bonds. The van der Waals surface area contributed by atoms with E-state index in [1.165, 1.54) is 18.4 Å². The van der Waals surface area contributed by atoms with Gasteiger partial charge in [-0.1, -0.05) is 22.8 Å². The van der Waals surface area contributed by atoms with Crippen molar-refractivity contribution in [1.82, 2.24) is 24.8 Å². The summed E-state index contributed by atoms with van der Waals surface area (Å²) < 4.78 is 8.17. The summed E-state index contributed by atoms with van der Waals surface area (Å²) in [7, 11) is 1.76. The molecule has 5 aromatic rings. The molecule has 0 aliphatic heterocycles. The van der Waals surface area contributed by atoms with Crippen molar-refractivity contribution >= 4 is 29.1 Å². The highest BCUT2D eigenvalue weighted by molar-refractivity contribution is 6.31. The highest BCUT2D eigenvalue weighted by Gasteiger charge is 2.25. The van der Waals surface area contributed by atoms with Crippen molar-refractivity contribution in [1.29, 1.82) is 0 Å². The van der Waals surface area contributed by atoms with Crippen LogP contribution in [0.5, 0.6) is 5.75 Å². The summed E-state index contributed by atoms with van der Waals surface area (Å²) in [5, 5.41) is 24.6. The van der Waals surface area contributed by atoms with Gasteiger partial charge in [0, 0.05) is 60.3 Å². The summed E-state index contributed by atoms with van der Waals surface area (Å²) in [5.74, 6) is -1.13. The standard InChI is InChI=1S/C32H31ClN6O5/c1-18(2)39-16-21(6-10-30(39)41)20-5-9-26(33)22(13-20)14-27(36-31(42)25-17-44-37-19(25)3)32(43)35-23-7-8-24(29(40)15-23)28-11-12-34-38(28)4/h5-13,15-18,27,40H,14H2,1-4H3,(H,35,43)(H,36,42). The molecule has 2 aromatic carbocycles. The quantitative estimate of drug-likeness (QED) is 0.209. The SMILES string of the molecule is Cc1nocc1C(=O)NC(Cc1cc(-c2ccc(=O)n(C(C)C)c2)ccc1Cl)C(=O)Nc1ccc(-c2ccnn2C)c(O)c1. The minimum absolute atomic E-state index is 0.0315. The van der Waals surface area contributed by atoms with Crippen molar-refractivity contribution in [2.24, 2.45) is 7.05 Å². The van der Waals surface area contributed by atoms with Crippen LogP contribution in [0.3, 0.4) is 0 Å². The number of anilines is 1. The van der Waals surface area contributed by atoms with Crippen molar-refractivity contribution < 1.29 is 19.2 Å². The minimum Gasteiger partial charge on any atom is -0.507 e. The Kier molecular flexibility index (Phi) is 8.68. The third kappa shape index (κ3) is 6.42. The van der Waals surface area contributed by atoms with E-state index in [1.54, 1.807) is 65.9 Å². The van der Waals surface area contributed by atoms with Crippen molar-refractivity contribution in [2.45, 2.75) is 39.3 Å². The van der Waals surface area contributed by atoms with Gasteiger partial charge in [0.25, 0.3) is 11.5 Å². The first-order chi connectivity index (χ1) is 21.0. The summed E-state index contributed by atoms with van der Waals surface area (Å²) in [6.07, 6.45) is 4.65. The number of aromatic nitrogens is 4. The van der Waals surface area contributed by atoms with E-state index in [0.29, 0.717) is 33.2 Å². The summed E-state index contributed by atoms with van der Waals surface area (Å²) in [6.45, 7) is 5.47. The fourth-order valence-electron chi connectivity index (χ4n) is 4.86. The van der Waals surface area contributed by atoms with Gasteiger partial charge in [0.05, 0.1) is 11.4 Å². The van der Waals surface area contributed by atoms with Crippen LogP contribution in [0.15, 0.2) is 82.6 Å². The molecule has 0 spiro atoms. The molecule has 11 nitrogen and oxygen atoms in total. The Morgan fingerprint density at radius 1 is 1.07 bits per heavy atom. The van der Waals surface area contributed by atoms with Crippen LogP contribution in [0.4, 0.5) is 5.69 Å². The molecule has 12 heteroatoms. The van der Waals surface area contributed by atoms with Gasteiger partial charge in [-0.05, 0) is 73.9 Å². The second-order valence-electron chi connectivity index (χ2n) is 10.7. The Balaban J connectivity index is 1.45. The molecular formula is C32H31ClN6O5. The highest BCUT2D eigenvalue weighted by Crippen LogP contribution is 2.31. The average Bonchev–Trinajstić information content (AvgIpc) is 3.61. The van der Waals surface area contributed by atoms with E-state index in [9.17, 15) is 19.5 Å². The van der Waals surface area contributed by atoms with Crippen LogP contribution in [0.25, 0.3) is 22.4 Å². The Bertz CT molecular complexity index is 1910. The molecule has 1 unspecified atom stereocenters. The smallest absolute Gasteiger partial charge is 0.257 e. The molecule has 226 valence electrons. The van der Waals surface area contributed by atoms with Gasteiger partial charge < -0.3 is 24.8 Å². The maximum absolute atomic E-state index is 13.7. The van der Waals surface area contributed by atoms with Crippen molar-refractivity contribution in [2.75, 3.05) is 5.32 Å². The van der Waals surface area contributed by atoms with E-state index in [0.717, 1.165) is 11.1 Å². The monoisotopic (exact) mass is 614 g/mol. The number of pyridine rings is 1. The lowest BCUT2D eigenvalue weighted by atomic mass is 9.99. The number of carbonyl (C=O) groups excluding carboxylic acids is 2. The first kappa shape index (κ1) is 30.3. The van der Waals surface area contributed by atoms with E-state index in [2.05, 4.69) is 20.9 Å². The number of nitrogens with zero attached hydrogens (tertiary/aromatic N) is 4. The number of amides is 2. The van der Waals surface area contributed by atoms with Crippen molar-refractivity contribution in [3.63, 3.8) is 0 Å². The number of carbonyl (C=O) groups is 2. The lowest BCUT2D eigenvalue weighted by Gasteiger charge is -2.20. The Morgan fingerprint density at radius 3 is 2.50 bits per heavy atom. The summed E-state index contributed by atoms with van der Waals surface area (Å²) in [4.78, 5) is 39.1. The van der Waals surface area contributed by atoms with Gasteiger partial charge >= 0.3 is 0 Å². The van der Waals surface area contributed by atoms with E-state index in [1.807, 2.05) is 26.0 Å². The summed E-state index contributed by atoms with van der Waals surface area (Å²) in [6, 6.07) is 14.0. The van der Waals surface area contributed by atoms with Crippen LogP contribution in [-0.2, 0) is 18.3 Å². The zero-order chi connectivity index (χ0) is 31.5. The van der Waals surface area contributed by atoms with Crippen LogP contribution < -0.4 is 16.2 Å². The molecule has 1 atom stereocenters. The van der Waals surface area contributed by atoms with Crippen LogP contribution >= 0.6 is 11.6 Å². The molecule has 0 bridgehead atoms. The topological polar surface area (TPSA) is 144 Å². The molecule has 0 aliphatic rings. The Hall–Kier alpha value is -5.16. The van der Waals surface area contributed by atoms with Gasteiger partial charge in [-0.3, -0.25) is 19.1 Å². The lowest BCUT2D eigenvalue weighted by molar-refractivity contribution is -0.118. The van der Waals surface area contributed by atoms with Gasteiger partial charge in [-0.25, -0.2) is 0 Å². The number of rotatable bonds is 9. The number of halogens is 1. The molecule has 5 rings (SSSR count). The zero-order valence-corrected chi connectivity index (χ0v) is 25.3. The molecule has 3 N–H and O–H groups in total. The third-order valence-electron chi connectivity index (χ3n) is 7.28. The van der Waals surface area contributed by atoms with Gasteiger partial charge in [-0.2, -0.15) is 5.10 Å². The lowest BCUT2D eigenvalue weighted by Crippen LogP contribution is -2.45. The summed E-state index contributed by atoms with van der Waals surface area (Å²) >= 11 is 6.60. The van der Waals surface area contributed by atoms with Gasteiger partial charge in [0.15, 0.2) is 0 Å². The molecule has 3 aromatic heterocycles. The Morgan fingerprint density at radius 2 is 1.84 bits per heavy atom. The second kappa shape index (κ2) is 12.6. The van der Waals surface area contributed by atoms with E-state index >= 15 is 0 Å². The molecular weight excluding hydrogens is 584 g/mol. The number of phenols is 1. The van der Waals surface area contributed by atoms with Crippen molar-refractivity contribution in [3.8, 4) is 28.1 Å². The molecule has 0 saturated carbocycles. The van der Waals surface area contributed by atoms with E-state index < -0.39 is 17.9 Å². The number of nitrogens with one attached hydrogen (secondary N) is 2. The molecule has 0 fully saturated rings. The predicted molar refractivity (Wildman–Crippen MR) is 167 cm³/mol. The van der Waals surface area contributed by atoms with E-state index in [4.69, 9.17) is 16.1 Å². The first-order valence-corrected chi connectivity index (χ1v) is 14.2. The normalized spacial score (nSPS) is 11.9. The van der Waals surface area contributed by atoms with Crippen LogP contribution in [0, 0.1) is 6.92 Å². The second-order valence-corrected chi connectivity index (χ2v) is 11.1. The highest BCUT2D eigenvalue weighted by atomic mass is 35.5. The molecule has 0 saturated heterocycles. The molecule has 0 radical (unpaired) electrons. The number of hydrogen-bond acceptors (Lipinski definition) is 7. The Labute approximate surface area is 258 Å². The molecule has 44 heavy (non-hydrogen) atoms. The number of aryl methyl sites for hydroxylation is 2. The number of aromatic hydroxyl groups is 1. The van der Waals surface area contributed by atoms with Gasteiger partial charge in [0.1, 0.15) is 23.6 Å². The largest absolute Gasteiger partial charge is 0.507 e. The fraction of sp³-hybridized carbons (Fsp3) is 0.219. The predicted octanol–water partition coefficient (Wildman–Crippen LogP) is 5.13.